The first-order chi connectivity index (χ1) is 8.15. The minimum Gasteiger partial charge on any atom is -0.337 e. The zero-order valence-corrected chi connectivity index (χ0v) is 10.2. The van der Waals surface area contributed by atoms with Gasteiger partial charge >= 0.3 is 0 Å². The van der Waals surface area contributed by atoms with Crippen molar-refractivity contribution < 1.29 is 4.39 Å². The van der Waals surface area contributed by atoms with Gasteiger partial charge in [0, 0.05) is 31.0 Å². The molecule has 3 nitrogen and oxygen atoms in total. The maximum atomic E-state index is 13.1. The van der Waals surface area contributed by atoms with Crippen LogP contribution >= 0.6 is 11.6 Å². The van der Waals surface area contributed by atoms with Gasteiger partial charge in [-0.3, -0.25) is 0 Å². The molecule has 0 atom stereocenters. The first-order valence-electron chi connectivity index (χ1n) is 5.27. The fourth-order valence-electron chi connectivity index (χ4n) is 1.60. The van der Waals surface area contributed by atoms with E-state index in [2.05, 4.69) is 10.3 Å². The molecule has 0 unspecified atom stereocenters. The van der Waals surface area contributed by atoms with Crippen molar-refractivity contribution in [3.8, 4) is 0 Å². The van der Waals surface area contributed by atoms with E-state index >= 15 is 0 Å². The van der Waals surface area contributed by atoms with Gasteiger partial charge in [-0.2, -0.15) is 0 Å². The van der Waals surface area contributed by atoms with Crippen molar-refractivity contribution in [1.82, 2.24) is 14.9 Å². The second-order valence-corrected chi connectivity index (χ2v) is 4.27. The van der Waals surface area contributed by atoms with Gasteiger partial charge in [0.25, 0.3) is 0 Å². The molecule has 0 aliphatic rings. The number of hydrogen-bond donors (Lipinski definition) is 1. The number of benzene rings is 1. The van der Waals surface area contributed by atoms with E-state index in [0.717, 1.165) is 11.4 Å². The lowest BCUT2D eigenvalue weighted by Gasteiger charge is -2.06. The normalized spacial score (nSPS) is 10.8. The van der Waals surface area contributed by atoms with Crippen molar-refractivity contribution in [3.05, 3.63) is 52.8 Å². The summed E-state index contributed by atoms with van der Waals surface area (Å²) in [6.07, 6.45) is 3.63. The van der Waals surface area contributed by atoms with Crippen molar-refractivity contribution in [2.75, 3.05) is 0 Å². The Morgan fingerprint density at radius 3 is 2.82 bits per heavy atom. The molecule has 5 heteroatoms. The van der Waals surface area contributed by atoms with Crippen molar-refractivity contribution >= 4 is 11.6 Å². The molecule has 2 aromatic rings. The highest BCUT2D eigenvalue weighted by Crippen LogP contribution is 2.13. The minimum atomic E-state index is -0.314. The van der Waals surface area contributed by atoms with E-state index in [-0.39, 0.29) is 5.82 Å². The van der Waals surface area contributed by atoms with Crippen LogP contribution in [0.1, 0.15) is 11.4 Å². The van der Waals surface area contributed by atoms with E-state index in [1.165, 1.54) is 12.1 Å². The number of imidazole rings is 1. The van der Waals surface area contributed by atoms with Crippen LogP contribution in [0.15, 0.2) is 30.6 Å². The Kier molecular flexibility index (Phi) is 3.76. The smallest absolute Gasteiger partial charge is 0.125 e. The van der Waals surface area contributed by atoms with Crippen LogP contribution < -0.4 is 5.32 Å². The molecular formula is C12H13ClFN3. The van der Waals surface area contributed by atoms with Crippen LogP contribution in [-0.2, 0) is 20.1 Å². The zero-order chi connectivity index (χ0) is 12.3. The van der Waals surface area contributed by atoms with Crippen molar-refractivity contribution in [2.24, 2.45) is 7.05 Å². The fourth-order valence-corrected chi connectivity index (χ4v) is 1.84. The molecule has 0 bridgehead atoms. The van der Waals surface area contributed by atoms with Crippen molar-refractivity contribution in [2.45, 2.75) is 13.1 Å². The van der Waals surface area contributed by atoms with Gasteiger partial charge in [-0.05, 0) is 23.8 Å². The molecule has 0 aliphatic heterocycles. The summed E-state index contributed by atoms with van der Waals surface area (Å²) in [5.41, 5.74) is 0.823. The van der Waals surface area contributed by atoms with Crippen LogP contribution in [0.25, 0.3) is 0 Å². The third-order valence-corrected chi connectivity index (χ3v) is 2.67. The Morgan fingerprint density at radius 2 is 2.18 bits per heavy atom. The highest BCUT2D eigenvalue weighted by molar-refractivity contribution is 6.30. The summed E-state index contributed by atoms with van der Waals surface area (Å²) >= 11 is 5.77. The number of nitrogens with one attached hydrogen (secondary N) is 1. The molecule has 0 saturated carbocycles. The quantitative estimate of drug-likeness (QED) is 0.907. The molecule has 0 aliphatic carbocycles. The highest BCUT2D eigenvalue weighted by Gasteiger charge is 2.01. The third-order valence-electron chi connectivity index (χ3n) is 2.46. The first kappa shape index (κ1) is 12.1. The highest BCUT2D eigenvalue weighted by atomic mass is 35.5. The molecule has 1 N–H and O–H groups in total. The van der Waals surface area contributed by atoms with Gasteiger partial charge in [0.1, 0.15) is 11.6 Å². The number of rotatable bonds is 4. The van der Waals surface area contributed by atoms with E-state index in [4.69, 9.17) is 11.6 Å². The molecular weight excluding hydrogens is 241 g/mol. The van der Waals surface area contributed by atoms with E-state index < -0.39 is 0 Å². The van der Waals surface area contributed by atoms with E-state index in [9.17, 15) is 4.39 Å². The Labute approximate surface area is 104 Å². The number of halogens is 2. The molecule has 0 radical (unpaired) electrons. The van der Waals surface area contributed by atoms with Crippen LogP contribution in [0.4, 0.5) is 4.39 Å². The molecule has 1 aromatic heterocycles. The van der Waals surface area contributed by atoms with Crippen molar-refractivity contribution in [1.29, 1.82) is 0 Å². The topological polar surface area (TPSA) is 29.9 Å². The average Bonchev–Trinajstić information content (AvgIpc) is 2.63. The lowest BCUT2D eigenvalue weighted by molar-refractivity contribution is 0.613. The van der Waals surface area contributed by atoms with Crippen LogP contribution in [0.2, 0.25) is 5.02 Å². The Morgan fingerprint density at radius 1 is 1.35 bits per heavy atom. The van der Waals surface area contributed by atoms with E-state index in [0.29, 0.717) is 18.1 Å². The molecule has 0 spiro atoms. The van der Waals surface area contributed by atoms with E-state index in [1.54, 1.807) is 12.3 Å². The molecule has 0 amide bonds. The Bertz CT molecular complexity index is 490. The molecule has 1 aromatic carbocycles. The molecule has 0 fully saturated rings. The zero-order valence-electron chi connectivity index (χ0n) is 9.45. The fraction of sp³-hybridized carbons (Fsp3) is 0.250. The lowest BCUT2D eigenvalue weighted by Crippen LogP contribution is -2.15. The van der Waals surface area contributed by atoms with Gasteiger partial charge in [-0.1, -0.05) is 11.6 Å². The van der Waals surface area contributed by atoms with Crippen molar-refractivity contribution in [3.63, 3.8) is 0 Å². The van der Waals surface area contributed by atoms with Gasteiger partial charge in [0.15, 0.2) is 0 Å². The summed E-state index contributed by atoms with van der Waals surface area (Å²) in [6, 6.07) is 4.51. The van der Waals surface area contributed by atoms with E-state index in [1.807, 2.05) is 17.8 Å². The summed E-state index contributed by atoms with van der Waals surface area (Å²) in [6.45, 7) is 1.20. The molecule has 90 valence electrons. The molecule has 2 rings (SSSR count). The monoisotopic (exact) mass is 253 g/mol. The second kappa shape index (κ2) is 5.29. The lowest BCUT2D eigenvalue weighted by atomic mass is 10.2. The number of aryl methyl sites for hydroxylation is 1. The number of hydrogen-bond acceptors (Lipinski definition) is 2. The molecule has 1 heterocycles. The molecule has 0 saturated heterocycles. The predicted octanol–water partition coefficient (Wildman–Crippen LogP) is 2.50. The molecule has 17 heavy (non-hydrogen) atoms. The largest absolute Gasteiger partial charge is 0.337 e. The van der Waals surface area contributed by atoms with Gasteiger partial charge < -0.3 is 9.88 Å². The van der Waals surface area contributed by atoms with Gasteiger partial charge in [0.05, 0.1) is 6.54 Å². The summed E-state index contributed by atoms with van der Waals surface area (Å²) in [5.74, 6) is 0.624. The maximum absolute atomic E-state index is 13.1. The Balaban J connectivity index is 1.92. The summed E-state index contributed by atoms with van der Waals surface area (Å²) in [5, 5.41) is 3.61. The predicted molar refractivity (Wildman–Crippen MR) is 65.2 cm³/mol. The summed E-state index contributed by atoms with van der Waals surface area (Å²) < 4.78 is 15.0. The maximum Gasteiger partial charge on any atom is 0.125 e. The summed E-state index contributed by atoms with van der Waals surface area (Å²) in [7, 11) is 1.93. The Hall–Kier alpha value is -1.39. The second-order valence-electron chi connectivity index (χ2n) is 3.84. The minimum absolute atomic E-state index is 0.314. The summed E-state index contributed by atoms with van der Waals surface area (Å²) in [4.78, 5) is 4.18. The standard InChI is InChI=1S/C12H13ClFN3/c1-17-3-2-16-12(17)8-15-7-9-4-10(13)6-11(14)5-9/h2-6,15H,7-8H2,1H3. The van der Waals surface area contributed by atoms with Crippen LogP contribution in [0, 0.1) is 5.82 Å². The number of nitrogens with zero attached hydrogens (tertiary/aromatic N) is 2. The van der Waals surface area contributed by atoms with Crippen LogP contribution in [0.5, 0.6) is 0 Å². The first-order valence-corrected chi connectivity index (χ1v) is 5.65. The van der Waals surface area contributed by atoms with Gasteiger partial charge in [-0.25, -0.2) is 9.37 Å². The van der Waals surface area contributed by atoms with Gasteiger partial charge in [0.2, 0.25) is 0 Å². The average molecular weight is 254 g/mol. The SMILES string of the molecule is Cn1ccnc1CNCc1cc(F)cc(Cl)c1. The third kappa shape index (κ3) is 3.28. The van der Waals surface area contributed by atoms with Crippen LogP contribution in [-0.4, -0.2) is 9.55 Å². The number of aromatic nitrogens is 2. The van der Waals surface area contributed by atoms with Gasteiger partial charge in [-0.15, -0.1) is 0 Å². The van der Waals surface area contributed by atoms with Crippen LogP contribution in [0.3, 0.4) is 0 Å².